The van der Waals surface area contributed by atoms with Crippen LogP contribution in [0.5, 0.6) is 0 Å². The van der Waals surface area contributed by atoms with Crippen LogP contribution in [0, 0.1) is 0 Å². The summed E-state index contributed by atoms with van der Waals surface area (Å²) in [5.74, 6) is -0.851. The van der Waals surface area contributed by atoms with E-state index < -0.39 is 11.5 Å². The van der Waals surface area contributed by atoms with Gasteiger partial charge in [-0.2, -0.15) is 0 Å². The molecule has 2 fully saturated rings. The van der Waals surface area contributed by atoms with Crippen LogP contribution in [-0.2, 0) is 9.53 Å². The van der Waals surface area contributed by atoms with Crippen molar-refractivity contribution in [3.05, 3.63) is 0 Å². The van der Waals surface area contributed by atoms with Gasteiger partial charge in [0, 0.05) is 19.7 Å². The molecule has 1 aliphatic carbocycles. The lowest BCUT2D eigenvalue weighted by Crippen LogP contribution is -2.59. The van der Waals surface area contributed by atoms with Crippen LogP contribution in [0.25, 0.3) is 0 Å². The Morgan fingerprint density at radius 3 is 2.70 bits per heavy atom. The number of likely N-dealkylation sites (tertiary alicyclic amines) is 1. The monoisotopic (exact) mass is 284 g/mol. The predicted molar refractivity (Wildman–Crippen MR) is 73.6 cm³/mol. The van der Waals surface area contributed by atoms with Crippen LogP contribution in [0.1, 0.15) is 45.4 Å². The first-order valence-electron chi connectivity index (χ1n) is 7.45. The molecule has 2 N–H and O–H groups in total. The van der Waals surface area contributed by atoms with Gasteiger partial charge in [-0.3, -0.25) is 4.79 Å². The summed E-state index contributed by atoms with van der Waals surface area (Å²) in [4.78, 5) is 25.0. The number of amides is 2. The summed E-state index contributed by atoms with van der Waals surface area (Å²) < 4.78 is 5.58. The van der Waals surface area contributed by atoms with Crippen LogP contribution in [0.15, 0.2) is 0 Å². The zero-order valence-corrected chi connectivity index (χ0v) is 12.1. The summed E-state index contributed by atoms with van der Waals surface area (Å²) in [5, 5.41) is 11.9. The molecule has 1 atom stereocenters. The molecule has 0 bridgehead atoms. The molecule has 2 rings (SSSR count). The van der Waals surface area contributed by atoms with Crippen molar-refractivity contribution < 1.29 is 19.4 Å². The van der Waals surface area contributed by atoms with E-state index in [2.05, 4.69) is 5.32 Å². The average molecular weight is 284 g/mol. The van der Waals surface area contributed by atoms with E-state index in [1.165, 1.54) is 0 Å². The predicted octanol–water partition coefficient (Wildman–Crippen LogP) is 1.59. The van der Waals surface area contributed by atoms with Crippen LogP contribution < -0.4 is 5.32 Å². The summed E-state index contributed by atoms with van der Waals surface area (Å²) in [6, 6.07) is -0.143. The fraction of sp³-hybridized carbons (Fsp3) is 0.857. The quantitative estimate of drug-likeness (QED) is 0.803. The maximum atomic E-state index is 12.3. The number of rotatable bonds is 5. The van der Waals surface area contributed by atoms with Crippen molar-refractivity contribution in [2.45, 2.75) is 57.1 Å². The Bertz CT molecular complexity index is 366. The Labute approximate surface area is 119 Å². The van der Waals surface area contributed by atoms with Crippen molar-refractivity contribution >= 4 is 12.0 Å². The highest BCUT2D eigenvalue weighted by molar-refractivity contribution is 5.77. The molecule has 2 aliphatic rings. The number of aliphatic carboxylic acids is 1. The van der Waals surface area contributed by atoms with E-state index in [0.717, 1.165) is 38.6 Å². The molecule has 0 aromatic rings. The van der Waals surface area contributed by atoms with Gasteiger partial charge in [-0.1, -0.05) is 0 Å². The van der Waals surface area contributed by atoms with Gasteiger partial charge in [0.15, 0.2) is 0 Å². The lowest BCUT2D eigenvalue weighted by molar-refractivity contribution is -0.139. The highest BCUT2D eigenvalue weighted by Crippen LogP contribution is 2.35. The first kappa shape index (κ1) is 15.1. The molecule has 1 heterocycles. The standard InChI is InChI=1S/C14H24N2O4/c1-2-20-11-5-3-8-16(10-11)13(19)15-14(6-4-7-14)9-12(17)18/h11H,2-10H2,1H3,(H,15,19)(H,17,18). The summed E-state index contributed by atoms with van der Waals surface area (Å²) in [6.45, 7) is 3.93. The van der Waals surface area contributed by atoms with Crippen LogP contribution in [0.3, 0.4) is 0 Å². The molecule has 114 valence electrons. The maximum Gasteiger partial charge on any atom is 0.317 e. The van der Waals surface area contributed by atoms with E-state index in [-0.39, 0.29) is 18.6 Å². The van der Waals surface area contributed by atoms with Crippen molar-refractivity contribution in [1.29, 1.82) is 0 Å². The van der Waals surface area contributed by atoms with Crippen molar-refractivity contribution in [2.75, 3.05) is 19.7 Å². The first-order chi connectivity index (χ1) is 9.54. The molecule has 0 radical (unpaired) electrons. The average Bonchev–Trinajstić information content (AvgIpc) is 2.36. The molecule has 6 nitrogen and oxygen atoms in total. The fourth-order valence-corrected chi connectivity index (χ4v) is 3.04. The van der Waals surface area contributed by atoms with Gasteiger partial charge in [-0.05, 0) is 39.0 Å². The second-order valence-electron chi connectivity index (χ2n) is 5.80. The minimum atomic E-state index is -0.851. The van der Waals surface area contributed by atoms with Crippen molar-refractivity contribution in [3.8, 4) is 0 Å². The maximum absolute atomic E-state index is 12.3. The van der Waals surface area contributed by atoms with Crippen LogP contribution in [0.4, 0.5) is 4.79 Å². The molecule has 0 aromatic carbocycles. The number of urea groups is 1. The van der Waals surface area contributed by atoms with Crippen molar-refractivity contribution in [2.24, 2.45) is 0 Å². The van der Waals surface area contributed by atoms with Gasteiger partial charge >= 0.3 is 12.0 Å². The Hall–Kier alpha value is -1.30. The van der Waals surface area contributed by atoms with Gasteiger partial charge < -0.3 is 20.1 Å². The second-order valence-corrected chi connectivity index (χ2v) is 5.80. The number of carbonyl (C=O) groups excluding carboxylic acids is 1. The normalized spacial score (nSPS) is 24.9. The number of hydrogen-bond acceptors (Lipinski definition) is 3. The van der Waals surface area contributed by atoms with Crippen LogP contribution >= 0.6 is 0 Å². The molecule has 1 saturated heterocycles. The van der Waals surface area contributed by atoms with Crippen LogP contribution in [-0.4, -0.2) is 53.3 Å². The number of piperidine rings is 1. The largest absolute Gasteiger partial charge is 0.481 e. The highest BCUT2D eigenvalue weighted by atomic mass is 16.5. The Kier molecular flexibility index (Phi) is 4.86. The highest BCUT2D eigenvalue weighted by Gasteiger charge is 2.41. The fourth-order valence-electron chi connectivity index (χ4n) is 3.04. The van der Waals surface area contributed by atoms with Gasteiger partial charge in [0.2, 0.25) is 0 Å². The molecule has 1 aliphatic heterocycles. The molecule has 1 unspecified atom stereocenters. The minimum Gasteiger partial charge on any atom is -0.481 e. The number of ether oxygens (including phenoxy) is 1. The molecular weight excluding hydrogens is 260 g/mol. The molecule has 6 heteroatoms. The van der Waals surface area contributed by atoms with E-state index in [1.54, 1.807) is 4.90 Å². The SMILES string of the molecule is CCOC1CCCN(C(=O)NC2(CC(=O)O)CCC2)C1. The zero-order chi connectivity index (χ0) is 14.6. The third kappa shape index (κ3) is 3.62. The molecular formula is C14H24N2O4. The van der Waals surface area contributed by atoms with Crippen molar-refractivity contribution in [1.82, 2.24) is 10.2 Å². The molecule has 1 saturated carbocycles. The molecule has 0 spiro atoms. The Morgan fingerprint density at radius 1 is 1.40 bits per heavy atom. The number of hydrogen-bond donors (Lipinski definition) is 2. The lowest BCUT2D eigenvalue weighted by atomic mass is 9.74. The van der Waals surface area contributed by atoms with E-state index >= 15 is 0 Å². The van der Waals surface area contributed by atoms with Gasteiger partial charge in [0.05, 0.1) is 18.1 Å². The summed E-state index contributed by atoms with van der Waals surface area (Å²) in [6.07, 6.45) is 4.54. The van der Waals surface area contributed by atoms with E-state index in [1.807, 2.05) is 6.92 Å². The van der Waals surface area contributed by atoms with Crippen LogP contribution in [0.2, 0.25) is 0 Å². The molecule has 0 aromatic heterocycles. The van der Waals surface area contributed by atoms with E-state index in [4.69, 9.17) is 9.84 Å². The summed E-state index contributed by atoms with van der Waals surface area (Å²) in [7, 11) is 0. The third-order valence-corrected chi connectivity index (χ3v) is 4.24. The topological polar surface area (TPSA) is 78.9 Å². The lowest BCUT2D eigenvalue weighted by Gasteiger charge is -2.43. The van der Waals surface area contributed by atoms with Crippen molar-refractivity contribution in [3.63, 3.8) is 0 Å². The van der Waals surface area contributed by atoms with Gasteiger partial charge in [-0.25, -0.2) is 4.79 Å². The van der Waals surface area contributed by atoms with Gasteiger partial charge in [-0.15, -0.1) is 0 Å². The minimum absolute atomic E-state index is 0.0153. The number of carbonyl (C=O) groups is 2. The molecule has 20 heavy (non-hydrogen) atoms. The number of carboxylic acids is 1. The number of nitrogens with one attached hydrogen (secondary N) is 1. The van der Waals surface area contributed by atoms with E-state index in [0.29, 0.717) is 13.2 Å². The number of carboxylic acid groups (broad SMARTS) is 1. The van der Waals surface area contributed by atoms with E-state index in [9.17, 15) is 9.59 Å². The molecule has 2 amide bonds. The summed E-state index contributed by atoms with van der Waals surface area (Å²) >= 11 is 0. The smallest absolute Gasteiger partial charge is 0.317 e. The van der Waals surface area contributed by atoms with Gasteiger partial charge in [0.25, 0.3) is 0 Å². The Balaban J connectivity index is 1.88. The zero-order valence-electron chi connectivity index (χ0n) is 12.1. The van der Waals surface area contributed by atoms with Gasteiger partial charge in [0.1, 0.15) is 0 Å². The summed E-state index contributed by atoms with van der Waals surface area (Å²) in [5.41, 5.74) is -0.526. The Morgan fingerprint density at radius 2 is 2.15 bits per heavy atom. The first-order valence-corrected chi connectivity index (χ1v) is 7.45. The number of nitrogens with zero attached hydrogens (tertiary/aromatic N) is 1. The third-order valence-electron chi connectivity index (χ3n) is 4.24. The second kappa shape index (κ2) is 6.43.